The highest BCUT2D eigenvalue weighted by molar-refractivity contribution is 6.30. The van der Waals surface area contributed by atoms with E-state index in [1.165, 1.54) is 0 Å². The van der Waals surface area contributed by atoms with Gasteiger partial charge in [0.2, 0.25) is 0 Å². The Labute approximate surface area is 147 Å². The summed E-state index contributed by atoms with van der Waals surface area (Å²) in [7, 11) is 0. The van der Waals surface area contributed by atoms with Crippen LogP contribution in [0.25, 0.3) is 0 Å². The Hall–Kier alpha value is -2.06. The van der Waals surface area contributed by atoms with Crippen LogP contribution in [0.2, 0.25) is 5.02 Å². The van der Waals surface area contributed by atoms with Gasteiger partial charge in [-0.2, -0.15) is 5.26 Å². The minimum absolute atomic E-state index is 0.0392. The third-order valence-corrected chi connectivity index (χ3v) is 4.13. The molecule has 0 amide bonds. The predicted molar refractivity (Wildman–Crippen MR) is 95.0 cm³/mol. The second-order valence-electron chi connectivity index (χ2n) is 5.69. The molecular weight excluding hydrogens is 324 g/mol. The summed E-state index contributed by atoms with van der Waals surface area (Å²) in [6.07, 6.45) is -0.622. The minimum Gasteiger partial charge on any atom is -0.479 e. The average Bonchev–Trinajstić information content (AvgIpc) is 2.60. The maximum absolute atomic E-state index is 10.5. The molecule has 0 radical (unpaired) electrons. The molecule has 126 valence electrons. The van der Waals surface area contributed by atoms with E-state index in [9.17, 15) is 5.11 Å². The minimum atomic E-state index is -0.622. The second-order valence-corrected chi connectivity index (χ2v) is 6.13. The first kappa shape index (κ1) is 18.3. The van der Waals surface area contributed by atoms with Crippen LogP contribution in [0.1, 0.15) is 37.1 Å². The molecule has 2 rings (SSSR count). The molecule has 0 aromatic heterocycles. The molecule has 0 bridgehead atoms. The molecule has 24 heavy (non-hydrogen) atoms. The lowest BCUT2D eigenvalue weighted by Crippen LogP contribution is -2.34. The van der Waals surface area contributed by atoms with Gasteiger partial charge in [-0.3, -0.25) is 0 Å². The molecule has 0 heterocycles. The number of nitrogens with zero attached hydrogens (tertiary/aromatic N) is 1. The van der Waals surface area contributed by atoms with Crippen molar-refractivity contribution in [3.8, 4) is 11.8 Å². The van der Waals surface area contributed by atoms with E-state index < -0.39 is 6.10 Å². The van der Waals surface area contributed by atoms with Gasteiger partial charge in [0.1, 0.15) is 11.8 Å². The third-order valence-electron chi connectivity index (χ3n) is 3.88. The molecule has 0 saturated carbocycles. The normalized spacial score (nSPS) is 14.5. The Bertz CT molecular complexity index is 680. The summed E-state index contributed by atoms with van der Waals surface area (Å²) >= 11 is 5.88. The van der Waals surface area contributed by atoms with E-state index in [1.54, 1.807) is 12.1 Å². The molecule has 2 aromatic rings. The van der Waals surface area contributed by atoms with Crippen LogP contribution in [0.3, 0.4) is 0 Å². The van der Waals surface area contributed by atoms with Crippen molar-refractivity contribution in [2.24, 2.45) is 0 Å². The first-order chi connectivity index (χ1) is 11.5. The molecule has 5 heteroatoms. The number of hydrogen-bond donors (Lipinski definition) is 2. The van der Waals surface area contributed by atoms with Gasteiger partial charge in [-0.15, -0.1) is 0 Å². The molecule has 3 atom stereocenters. The molecular formula is C19H21ClN2O2. The number of hydrogen-bond acceptors (Lipinski definition) is 4. The fourth-order valence-electron chi connectivity index (χ4n) is 2.50. The quantitative estimate of drug-likeness (QED) is 0.796. The van der Waals surface area contributed by atoms with Crippen LogP contribution >= 0.6 is 11.6 Å². The molecule has 2 N–H and O–H groups in total. The summed E-state index contributed by atoms with van der Waals surface area (Å²) in [5.74, 6) is 0.668. The topological polar surface area (TPSA) is 65.3 Å². The molecule has 0 aliphatic carbocycles. The number of nitriles is 1. The highest BCUT2D eigenvalue weighted by atomic mass is 35.5. The molecule has 0 aliphatic heterocycles. The molecule has 0 saturated heterocycles. The van der Waals surface area contributed by atoms with Crippen molar-refractivity contribution in [2.45, 2.75) is 32.0 Å². The highest BCUT2D eigenvalue weighted by Crippen LogP contribution is 2.23. The molecule has 2 aromatic carbocycles. The first-order valence-electron chi connectivity index (χ1n) is 7.80. The second kappa shape index (κ2) is 8.70. The zero-order valence-corrected chi connectivity index (χ0v) is 14.5. The van der Waals surface area contributed by atoms with Gasteiger partial charge in [0.05, 0.1) is 6.10 Å². The Kier molecular flexibility index (Phi) is 6.62. The largest absolute Gasteiger partial charge is 0.479 e. The Morgan fingerprint density at radius 1 is 1.08 bits per heavy atom. The van der Waals surface area contributed by atoms with Crippen LogP contribution in [0.15, 0.2) is 48.5 Å². The molecule has 0 fully saturated rings. The summed E-state index contributed by atoms with van der Waals surface area (Å²) in [5.41, 5.74) is 1.90. The lowest BCUT2D eigenvalue weighted by Gasteiger charge is -2.25. The van der Waals surface area contributed by atoms with Gasteiger partial charge in [0, 0.05) is 17.1 Å². The zero-order chi connectivity index (χ0) is 17.5. The van der Waals surface area contributed by atoms with Gasteiger partial charge < -0.3 is 15.2 Å². The third kappa shape index (κ3) is 4.97. The smallest absolute Gasteiger partial charge is 0.174 e. The number of nitrogens with one attached hydrogen (secondary N) is 1. The molecule has 4 nitrogen and oxygen atoms in total. The van der Waals surface area contributed by atoms with E-state index in [2.05, 4.69) is 5.32 Å². The van der Waals surface area contributed by atoms with Crippen molar-refractivity contribution >= 4 is 11.6 Å². The number of aliphatic hydroxyl groups excluding tert-OH is 1. The van der Waals surface area contributed by atoms with E-state index in [1.807, 2.05) is 56.3 Å². The summed E-state index contributed by atoms with van der Waals surface area (Å²) in [4.78, 5) is 0. The first-order valence-corrected chi connectivity index (χ1v) is 8.18. The fraction of sp³-hybridized carbons (Fsp3) is 0.316. The number of benzene rings is 2. The van der Waals surface area contributed by atoms with Crippen molar-refractivity contribution in [3.05, 3.63) is 64.7 Å². The standard InChI is InChI=1S/C19H21ClN2O2/c1-13(15-5-9-18(10-6-15)24-12-11-21)22-14(2)19(23)16-3-7-17(20)8-4-16/h3-10,13-14,19,22-23H,12H2,1-2H3. The van der Waals surface area contributed by atoms with Crippen molar-refractivity contribution in [1.29, 1.82) is 5.26 Å². The Balaban J connectivity index is 1.96. The zero-order valence-electron chi connectivity index (χ0n) is 13.7. The van der Waals surface area contributed by atoms with E-state index in [0.717, 1.165) is 11.1 Å². The van der Waals surface area contributed by atoms with Crippen molar-refractivity contribution in [1.82, 2.24) is 5.32 Å². The van der Waals surface area contributed by atoms with Gasteiger partial charge in [0.15, 0.2) is 6.61 Å². The average molecular weight is 345 g/mol. The van der Waals surface area contributed by atoms with Crippen molar-refractivity contribution in [2.75, 3.05) is 6.61 Å². The van der Waals surface area contributed by atoms with E-state index in [4.69, 9.17) is 21.6 Å². The maximum Gasteiger partial charge on any atom is 0.174 e. The van der Waals surface area contributed by atoms with Crippen LogP contribution < -0.4 is 10.1 Å². The summed E-state index contributed by atoms with van der Waals surface area (Å²) in [6, 6.07) is 16.7. The summed E-state index contributed by atoms with van der Waals surface area (Å²) < 4.78 is 5.24. The fourth-order valence-corrected chi connectivity index (χ4v) is 2.62. The molecule has 0 aliphatic rings. The SMILES string of the molecule is CC(NC(C)C(O)c1ccc(Cl)cc1)c1ccc(OCC#N)cc1. The monoisotopic (exact) mass is 344 g/mol. The number of aliphatic hydroxyl groups is 1. The van der Waals surface area contributed by atoms with Crippen LogP contribution in [0.5, 0.6) is 5.75 Å². The van der Waals surface area contributed by atoms with Gasteiger partial charge in [-0.05, 0) is 49.2 Å². The number of halogens is 1. The van der Waals surface area contributed by atoms with Crippen LogP contribution in [-0.2, 0) is 0 Å². The van der Waals surface area contributed by atoms with Crippen LogP contribution in [-0.4, -0.2) is 17.8 Å². The number of ether oxygens (including phenoxy) is 1. The van der Waals surface area contributed by atoms with Gasteiger partial charge in [-0.25, -0.2) is 0 Å². The number of rotatable bonds is 7. The van der Waals surface area contributed by atoms with Gasteiger partial charge in [0.25, 0.3) is 0 Å². The van der Waals surface area contributed by atoms with Crippen LogP contribution in [0, 0.1) is 11.3 Å². The van der Waals surface area contributed by atoms with Crippen LogP contribution in [0.4, 0.5) is 0 Å². The van der Waals surface area contributed by atoms with E-state index in [-0.39, 0.29) is 18.7 Å². The van der Waals surface area contributed by atoms with E-state index >= 15 is 0 Å². The highest BCUT2D eigenvalue weighted by Gasteiger charge is 2.18. The lowest BCUT2D eigenvalue weighted by molar-refractivity contribution is 0.130. The van der Waals surface area contributed by atoms with Crippen molar-refractivity contribution in [3.63, 3.8) is 0 Å². The maximum atomic E-state index is 10.5. The molecule has 0 spiro atoms. The predicted octanol–water partition coefficient (Wildman–Crippen LogP) is 4.02. The Morgan fingerprint density at radius 2 is 1.67 bits per heavy atom. The van der Waals surface area contributed by atoms with E-state index in [0.29, 0.717) is 10.8 Å². The summed E-state index contributed by atoms with van der Waals surface area (Å²) in [6.45, 7) is 4.02. The Morgan fingerprint density at radius 3 is 2.25 bits per heavy atom. The lowest BCUT2D eigenvalue weighted by atomic mass is 10.0. The van der Waals surface area contributed by atoms with Crippen molar-refractivity contribution < 1.29 is 9.84 Å². The molecule has 3 unspecified atom stereocenters. The van der Waals surface area contributed by atoms with Gasteiger partial charge >= 0.3 is 0 Å². The van der Waals surface area contributed by atoms with Gasteiger partial charge in [-0.1, -0.05) is 35.9 Å². The summed E-state index contributed by atoms with van der Waals surface area (Å²) in [5, 5.41) is 23.0.